The van der Waals surface area contributed by atoms with E-state index in [1.807, 2.05) is 26.0 Å². The number of nitrogens with one attached hydrogen (secondary N) is 1. The molecule has 24 heavy (non-hydrogen) atoms. The van der Waals surface area contributed by atoms with Crippen LogP contribution in [0.4, 0.5) is 11.4 Å². The largest absolute Gasteiger partial charge is 0.370 e. The van der Waals surface area contributed by atoms with E-state index in [0.29, 0.717) is 4.90 Å². The van der Waals surface area contributed by atoms with Gasteiger partial charge in [0.2, 0.25) is 0 Å². The fourth-order valence-corrected chi connectivity index (χ4v) is 5.79. The topological polar surface area (TPSA) is 52.6 Å². The van der Waals surface area contributed by atoms with Gasteiger partial charge < -0.3 is 10.2 Å². The second-order valence-electron chi connectivity index (χ2n) is 6.77. The van der Waals surface area contributed by atoms with E-state index < -0.39 is 10.0 Å². The highest BCUT2D eigenvalue weighted by molar-refractivity contribution is 7.93. The number of hydrogen-bond donors (Lipinski definition) is 1. The van der Waals surface area contributed by atoms with Crippen LogP contribution in [0.1, 0.15) is 20.3 Å². The number of hydrogen-bond acceptors (Lipinski definition) is 4. The van der Waals surface area contributed by atoms with E-state index in [1.54, 1.807) is 10.4 Å². The molecule has 0 atom stereocenters. The molecule has 2 heterocycles. The van der Waals surface area contributed by atoms with Gasteiger partial charge >= 0.3 is 0 Å². The van der Waals surface area contributed by atoms with Gasteiger partial charge in [-0.1, -0.05) is 12.1 Å². The highest BCUT2D eigenvalue weighted by Gasteiger charge is 2.37. The first-order valence-electron chi connectivity index (χ1n) is 8.57. The van der Waals surface area contributed by atoms with Crippen LogP contribution in [0, 0.1) is 0 Å². The Kier molecular flexibility index (Phi) is 3.69. The lowest BCUT2D eigenvalue weighted by atomic mass is 10.0. The lowest BCUT2D eigenvalue weighted by Crippen LogP contribution is -2.33. The van der Waals surface area contributed by atoms with Crippen molar-refractivity contribution in [3.63, 3.8) is 0 Å². The fraction of sp³-hybridized carbons (Fsp3) is 0.444. The van der Waals surface area contributed by atoms with Crippen molar-refractivity contribution in [2.75, 3.05) is 35.4 Å². The molecule has 2 aliphatic heterocycles. The smallest absolute Gasteiger partial charge is 0.265 e. The van der Waals surface area contributed by atoms with E-state index in [9.17, 15) is 8.42 Å². The highest BCUT2D eigenvalue weighted by Crippen LogP contribution is 2.46. The van der Waals surface area contributed by atoms with Crippen molar-refractivity contribution in [2.45, 2.75) is 31.2 Å². The molecule has 0 aromatic heterocycles. The normalized spacial score (nSPS) is 20.0. The van der Waals surface area contributed by atoms with Crippen LogP contribution in [-0.2, 0) is 10.0 Å². The zero-order chi connectivity index (χ0) is 16.9. The average Bonchev–Trinajstić information content (AvgIpc) is 2.73. The van der Waals surface area contributed by atoms with Gasteiger partial charge in [-0.05, 0) is 45.0 Å². The van der Waals surface area contributed by atoms with Gasteiger partial charge in [0.05, 0.1) is 10.6 Å². The first-order valence-corrected chi connectivity index (χ1v) is 10.0. The lowest BCUT2D eigenvalue weighted by Gasteiger charge is -2.26. The van der Waals surface area contributed by atoms with Crippen molar-refractivity contribution < 1.29 is 8.42 Å². The molecule has 1 saturated heterocycles. The quantitative estimate of drug-likeness (QED) is 0.909. The molecule has 0 saturated carbocycles. The summed E-state index contributed by atoms with van der Waals surface area (Å²) in [5.74, 6) is 0. The Hall–Kier alpha value is -1.79. The lowest BCUT2D eigenvalue weighted by molar-refractivity contribution is 0.588. The van der Waals surface area contributed by atoms with Gasteiger partial charge in [-0.25, -0.2) is 8.42 Å². The maximum Gasteiger partial charge on any atom is 0.265 e. The van der Waals surface area contributed by atoms with E-state index in [1.165, 1.54) is 0 Å². The summed E-state index contributed by atoms with van der Waals surface area (Å²) >= 11 is 0. The van der Waals surface area contributed by atoms with Crippen LogP contribution < -0.4 is 14.5 Å². The van der Waals surface area contributed by atoms with Gasteiger partial charge in [0.25, 0.3) is 10.0 Å². The minimum Gasteiger partial charge on any atom is -0.370 e. The number of benzene rings is 2. The van der Waals surface area contributed by atoms with Crippen LogP contribution in [0.3, 0.4) is 0 Å². The van der Waals surface area contributed by atoms with Crippen molar-refractivity contribution in [2.24, 2.45) is 0 Å². The Bertz CT molecular complexity index is 885. The maximum atomic E-state index is 13.0. The second kappa shape index (κ2) is 5.63. The standard InChI is InChI=1S/C18H23N3O2S/c1-13(2)21-16-8-7-15(20-11-4-9-19-10-12-20)14-5-3-6-17(18(14)16)24(21,22)23/h3,5-8,13,19H,4,9-12H2,1-2H3. The molecule has 128 valence electrons. The second-order valence-corrected chi connectivity index (χ2v) is 8.55. The minimum atomic E-state index is -3.45. The Morgan fingerprint density at radius 2 is 1.83 bits per heavy atom. The van der Waals surface area contributed by atoms with Crippen LogP contribution in [0.15, 0.2) is 35.2 Å². The SMILES string of the molecule is CC(C)N1c2ccc(N3CCCNCC3)c3cccc(c23)S1(=O)=O. The van der Waals surface area contributed by atoms with Gasteiger partial charge in [0.15, 0.2) is 0 Å². The van der Waals surface area contributed by atoms with Gasteiger partial charge in [-0.2, -0.15) is 0 Å². The van der Waals surface area contributed by atoms with Gasteiger partial charge in [0, 0.05) is 42.1 Å². The zero-order valence-corrected chi connectivity index (χ0v) is 14.9. The molecule has 1 N–H and O–H groups in total. The third kappa shape index (κ3) is 2.20. The molecular formula is C18H23N3O2S. The molecule has 6 heteroatoms. The van der Waals surface area contributed by atoms with Crippen molar-refractivity contribution in [3.8, 4) is 0 Å². The summed E-state index contributed by atoms with van der Waals surface area (Å²) in [6, 6.07) is 9.61. The molecule has 2 aliphatic rings. The summed E-state index contributed by atoms with van der Waals surface area (Å²) in [6.07, 6.45) is 1.10. The molecule has 1 fully saturated rings. The first-order chi connectivity index (χ1) is 11.5. The molecule has 0 bridgehead atoms. The van der Waals surface area contributed by atoms with Crippen molar-refractivity contribution in [1.82, 2.24) is 5.32 Å². The van der Waals surface area contributed by atoms with E-state index in [4.69, 9.17) is 0 Å². The van der Waals surface area contributed by atoms with Crippen LogP contribution in [0.5, 0.6) is 0 Å². The molecule has 4 rings (SSSR count). The molecule has 0 unspecified atom stereocenters. The van der Waals surface area contributed by atoms with Crippen molar-refractivity contribution in [1.29, 1.82) is 0 Å². The molecule has 5 nitrogen and oxygen atoms in total. The molecular weight excluding hydrogens is 322 g/mol. The summed E-state index contributed by atoms with van der Waals surface area (Å²) < 4.78 is 27.5. The third-order valence-electron chi connectivity index (χ3n) is 4.88. The van der Waals surface area contributed by atoms with Gasteiger partial charge in [-0.3, -0.25) is 4.31 Å². The average molecular weight is 345 g/mol. The number of nitrogens with zero attached hydrogens (tertiary/aromatic N) is 2. The van der Waals surface area contributed by atoms with Crippen molar-refractivity contribution in [3.05, 3.63) is 30.3 Å². The Morgan fingerprint density at radius 1 is 1.04 bits per heavy atom. The van der Waals surface area contributed by atoms with Crippen LogP contribution in [0.2, 0.25) is 0 Å². The van der Waals surface area contributed by atoms with E-state index in [2.05, 4.69) is 22.3 Å². The summed E-state index contributed by atoms with van der Waals surface area (Å²) in [6.45, 7) is 7.77. The molecule has 0 amide bonds. The monoisotopic (exact) mass is 345 g/mol. The Balaban J connectivity index is 1.95. The van der Waals surface area contributed by atoms with E-state index in [-0.39, 0.29) is 6.04 Å². The number of sulfonamides is 1. The molecule has 0 spiro atoms. The molecule has 2 aromatic carbocycles. The third-order valence-corrected chi connectivity index (χ3v) is 6.91. The van der Waals surface area contributed by atoms with Gasteiger partial charge in [-0.15, -0.1) is 0 Å². The molecule has 0 radical (unpaired) electrons. The molecule has 0 aliphatic carbocycles. The summed E-state index contributed by atoms with van der Waals surface area (Å²) in [4.78, 5) is 2.81. The summed E-state index contributed by atoms with van der Waals surface area (Å²) in [5, 5.41) is 5.34. The minimum absolute atomic E-state index is 0.0983. The van der Waals surface area contributed by atoms with Crippen LogP contribution in [-0.4, -0.2) is 40.6 Å². The fourth-order valence-electron chi connectivity index (χ4n) is 3.89. The van der Waals surface area contributed by atoms with Crippen LogP contribution >= 0.6 is 0 Å². The summed E-state index contributed by atoms with van der Waals surface area (Å²) in [5.41, 5.74) is 1.95. The first kappa shape index (κ1) is 15.7. The Morgan fingerprint density at radius 3 is 2.62 bits per heavy atom. The van der Waals surface area contributed by atoms with E-state index >= 15 is 0 Å². The Labute approximate surface area is 143 Å². The zero-order valence-electron chi connectivity index (χ0n) is 14.1. The van der Waals surface area contributed by atoms with Crippen molar-refractivity contribution >= 4 is 32.2 Å². The summed E-state index contributed by atoms with van der Waals surface area (Å²) in [7, 11) is -3.45. The predicted octanol–water partition coefficient (Wildman–Crippen LogP) is 2.56. The van der Waals surface area contributed by atoms with Gasteiger partial charge in [0.1, 0.15) is 0 Å². The highest BCUT2D eigenvalue weighted by atomic mass is 32.2. The molecule has 2 aromatic rings. The number of anilines is 2. The maximum absolute atomic E-state index is 13.0. The number of rotatable bonds is 2. The van der Waals surface area contributed by atoms with E-state index in [0.717, 1.165) is 54.7 Å². The van der Waals surface area contributed by atoms with Crippen LogP contribution in [0.25, 0.3) is 10.8 Å². The predicted molar refractivity (Wildman–Crippen MR) is 98.4 cm³/mol.